The molecule has 228 valence electrons. The van der Waals surface area contributed by atoms with Crippen LogP contribution < -0.4 is 25.4 Å². The van der Waals surface area contributed by atoms with Crippen molar-refractivity contribution in [1.82, 2.24) is 19.9 Å². The van der Waals surface area contributed by atoms with Crippen LogP contribution in [0.15, 0.2) is 67.6 Å². The second kappa shape index (κ2) is 12.7. The second-order valence-electron chi connectivity index (χ2n) is 11.0. The maximum Gasteiger partial charge on any atom is 0.245 e. The maximum absolute atomic E-state index is 15.3. The van der Waals surface area contributed by atoms with Gasteiger partial charge in [0.1, 0.15) is 41.0 Å². The van der Waals surface area contributed by atoms with E-state index in [0.717, 1.165) is 18.5 Å². The van der Waals surface area contributed by atoms with Crippen molar-refractivity contribution in [3.05, 3.63) is 73.5 Å². The Morgan fingerprint density at radius 3 is 2.55 bits per heavy atom. The molecule has 0 radical (unpaired) electrons. The zero-order chi connectivity index (χ0) is 30.6. The third kappa shape index (κ3) is 6.50. The summed E-state index contributed by atoms with van der Waals surface area (Å²) < 4.78 is 26.8. The molecule has 1 aliphatic carbocycles. The van der Waals surface area contributed by atoms with Gasteiger partial charge in [-0.25, -0.2) is 19.3 Å². The Morgan fingerprint density at radius 1 is 1.02 bits per heavy atom. The number of nitrogens with zero attached hydrogens (tertiary/aromatic N) is 4. The van der Waals surface area contributed by atoms with E-state index in [0.29, 0.717) is 65.7 Å². The molecule has 44 heavy (non-hydrogen) atoms. The van der Waals surface area contributed by atoms with E-state index in [1.165, 1.54) is 18.5 Å². The highest BCUT2D eigenvalue weighted by Gasteiger charge is 2.27. The van der Waals surface area contributed by atoms with E-state index in [2.05, 4.69) is 37.5 Å². The number of fused-ring (bicyclic) bond motifs is 1. The number of carbonyl (C=O) groups excluding carboxylic acids is 1. The highest BCUT2D eigenvalue weighted by molar-refractivity contribution is 5.95. The molecule has 0 spiro atoms. The van der Waals surface area contributed by atoms with E-state index in [1.54, 1.807) is 42.5 Å². The van der Waals surface area contributed by atoms with Crippen LogP contribution >= 0.6 is 0 Å². The quantitative estimate of drug-likeness (QED) is 0.180. The van der Waals surface area contributed by atoms with Crippen molar-refractivity contribution in [2.24, 2.45) is 0 Å². The van der Waals surface area contributed by atoms with Crippen molar-refractivity contribution in [1.29, 1.82) is 0 Å². The Hall–Kier alpha value is -4.97. The van der Waals surface area contributed by atoms with Gasteiger partial charge in [0.2, 0.25) is 5.91 Å². The molecule has 4 aromatic rings. The van der Waals surface area contributed by atoms with Crippen LogP contribution in [-0.2, 0) is 4.79 Å². The Balaban J connectivity index is 1.17. The largest absolute Gasteiger partial charge is 0.495 e. The molecule has 3 heterocycles. The first-order valence-electron chi connectivity index (χ1n) is 14.5. The first kappa shape index (κ1) is 29.1. The van der Waals surface area contributed by atoms with Crippen molar-refractivity contribution in [3.8, 4) is 17.2 Å². The molecule has 11 nitrogen and oxygen atoms in total. The highest BCUT2D eigenvalue weighted by atomic mass is 19.1. The number of benzene rings is 2. The van der Waals surface area contributed by atoms with Gasteiger partial charge in [-0.1, -0.05) is 6.58 Å². The number of rotatable bonds is 10. The summed E-state index contributed by atoms with van der Waals surface area (Å²) >= 11 is 0. The summed E-state index contributed by atoms with van der Waals surface area (Å²) in [4.78, 5) is 26.8. The standard InChI is InChI=1S/C32H34FN7O4/c1-3-31(42)40-10-7-19(8-11-40)37-28-16-24-27(17-29(28)43-2)35-18-36-32(24)39-26-5-4-22(14-25(26)33)44-23-6-9-34-30(15-23)38-20-12-21(41)13-20/h3-6,9,14-21,37,41H,1,7-8,10-13H2,2H3,(H,34,38)(H,35,36,39). The molecule has 6 rings (SSSR count). The second-order valence-corrected chi connectivity index (χ2v) is 11.0. The number of aliphatic hydroxyl groups is 1. The average molecular weight is 600 g/mol. The van der Waals surface area contributed by atoms with Gasteiger partial charge >= 0.3 is 0 Å². The lowest BCUT2D eigenvalue weighted by Gasteiger charge is -2.32. The van der Waals surface area contributed by atoms with E-state index in [-0.39, 0.29) is 29.8 Å². The lowest BCUT2D eigenvalue weighted by molar-refractivity contribution is -0.126. The number of carbonyl (C=O) groups is 1. The Kier molecular flexibility index (Phi) is 8.42. The van der Waals surface area contributed by atoms with Gasteiger partial charge < -0.3 is 35.4 Å². The van der Waals surface area contributed by atoms with Crippen molar-refractivity contribution >= 4 is 39.8 Å². The fourth-order valence-electron chi connectivity index (χ4n) is 5.45. The maximum atomic E-state index is 15.3. The van der Waals surface area contributed by atoms with Crippen molar-refractivity contribution in [2.45, 2.75) is 43.9 Å². The molecular weight excluding hydrogens is 565 g/mol. The van der Waals surface area contributed by atoms with Crippen molar-refractivity contribution in [2.75, 3.05) is 36.1 Å². The number of pyridine rings is 1. The monoisotopic (exact) mass is 599 g/mol. The molecule has 4 N–H and O–H groups in total. The minimum Gasteiger partial charge on any atom is -0.495 e. The van der Waals surface area contributed by atoms with Gasteiger partial charge in [0.05, 0.1) is 30.1 Å². The van der Waals surface area contributed by atoms with Gasteiger partial charge in [0.25, 0.3) is 0 Å². The van der Waals surface area contributed by atoms with Gasteiger partial charge in [0, 0.05) is 55.0 Å². The Bertz CT molecular complexity index is 1670. The van der Waals surface area contributed by atoms with Crippen molar-refractivity contribution < 1.29 is 23.8 Å². The zero-order valence-corrected chi connectivity index (χ0v) is 24.3. The summed E-state index contributed by atoms with van der Waals surface area (Å²) in [6.07, 6.45) is 7.02. The number of anilines is 4. The van der Waals surface area contributed by atoms with Crippen LogP contribution in [-0.4, -0.2) is 69.3 Å². The molecule has 2 aliphatic rings. The van der Waals surface area contributed by atoms with Gasteiger partial charge in [0.15, 0.2) is 0 Å². The number of ether oxygens (including phenoxy) is 2. The minimum absolute atomic E-state index is 0.0587. The van der Waals surface area contributed by atoms with E-state index >= 15 is 4.39 Å². The topological polar surface area (TPSA) is 134 Å². The number of likely N-dealkylation sites (tertiary alicyclic amines) is 1. The zero-order valence-electron chi connectivity index (χ0n) is 24.3. The molecule has 1 saturated carbocycles. The first-order chi connectivity index (χ1) is 21.4. The van der Waals surface area contributed by atoms with Gasteiger partial charge in [-0.2, -0.15) is 0 Å². The summed E-state index contributed by atoms with van der Waals surface area (Å²) in [5.74, 6) is 1.96. The van der Waals surface area contributed by atoms with Crippen LogP contribution in [0.4, 0.5) is 27.4 Å². The predicted molar refractivity (Wildman–Crippen MR) is 166 cm³/mol. The first-order valence-corrected chi connectivity index (χ1v) is 14.5. The third-order valence-corrected chi connectivity index (χ3v) is 7.92. The van der Waals surface area contributed by atoms with Gasteiger partial charge in [-0.15, -0.1) is 0 Å². The number of amides is 1. The van der Waals surface area contributed by atoms with Crippen LogP contribution in [0.3, 0.4) is 0 Å². The normalized spacial score (nSPS) is 18.3. The van der Waals surface area contributed by atoms with E-state index < -0.39 is 5.82 Å². The number of nitrogens with one attached hydrogen (secondary N) is 3. The number of hydrogen-bond donors (Lipinski definition) is 4. The van der Waals surface area contributed by atoms with E-state index in [4.69, 9.17) is 9.47 Å². The predicted octanol–water partition coefficient (Wildman–Crippen LogP) is 5.23. The van der Waals surface area contributed by atoms with E-state index in [1.807, 2.05) is 12.1 Å². The number of methoxy groups -OCH3 is 1. The lowest BCUT2D eigenvalue weighted by Crippen LogP contribution is -2.41. The van der Waals surface area contributed by atoms with Gasteiger partial charge in [-0.3, -0.25) is 4.79 Å². The minimum atomic E-state index is -0.516. The summed E-state index contributed by atoms with van der Waals surface area (Å²) in [5, 5.41) is 20.1. The summed E-state index contributed by atoms with van der Waals surface area (Å²) in [5.41, 5.74) is 1.62. The van der Waals surface area contributed by atoms with Crippen LogP contribution in [0.1, 0.15) is 25.7 Å². The highest BCUT2D eigenvalue weighted by Crippen LogP contribution is 2.35. The number of piperidine rings is 1. The van der Waals surface area contributed by atoms with Crippen molar-refractivity contribution in [3.63, 3.8) is 0 Å². The third-order valence-electron chi connectivity index (χ3n) is 7.92. The summed E-state index contributed by atoms with van der Waals surface area (Å²) in [6, 6.07) is 12.0. The molecule has 1 aliphatic heterocycles. The number of aliphatic hydroxyl groups excluding tert-OH is 1. The summed E-state index contributed by atoms with van der Waals surface area (Å²) in [6.45, 7) is 4.85. The Labute approximate surface area is 254 Å². The van der Waals surface area contributed by atoms with Crippen LogP contribution in [0, 0.1) is 5.82 Å². The van der Waals surface area contributed by atoms with Crippen LogP contribution in [0.5, 0.6) is 17.2 Å². The lowest BCUT2D eigenvalue weighted by atomic mass is 9.89. The molecule has 0 atom stereocenters. The molecule has 0 unspecified atom stereocenters. The molecular formula is C32H34FN7O4. The van der Waals surface area contributed by atoms with Gasteiger partial charge in [-0.05, 0) is 56.0 Å². The fourth-order valence-corrected chi connectivity index (χ4v) is 5.45. The molecule has 0 bridgehead atoms. The molecule has 12 heteroatoms. The number of halogens is 1. The molecule has 1 amide bonds. The summed E-state index contributed by atoms with van der Waals surface area (Å²) in [7, 11) is 1.60. The van der Waals surface area contributed by atoms with E-state index in [9.17, 15) is 9.90 Å². The SMILES string of the molecule is C=CC(=O)N1CCC(Nc2cc3c(Nc4ccc(Oc5ccnc(NC6CC(O)C6)c5)cc4F)ncnc3cc2OC)CC1. The number of aromatic nitrogens is 3. The van der Waals surface area contributed by atoms with Crippen LogP contribution in [0.2, 0.25) is 0 Å². The smallest absolute Gasteiger partial charge is 0.245 e. The average Bonchev–Trinajstić information content (AvgIpc) is 3.01. The number of hydrogen-bond acceptors (Lipinski definition) is 10. The molecule has 2 aromatic heterocycles. The molecule has 2 aromatic carbocycles. The fraction of sp³-hybridized carbons (Fsp3) is 0.312. The molecule has 2 fully saturated rings. The van der Waals surface area contributed by atoms with Crippen LogP contribution in [0.25, 0.3) is 10.9 Å². The molecule has 1 saturated heterocycles. The Morgan fingerprint density at radius 2 is 1.82 bits per heavy atom.